The number of nitrogens with one attached hydrogen (secondary N) is 2. The number of carbonyl (C=O) groups excluding carboxylic acids is 2. The number of aryl methyl sites for hydroxylation is 1. The number of nitrogens with zero attached hydrogens (tertiary/aromatic N) is 2. The summed E-state index contributed by atoms with van der Waals surface area (Å²) in [5.74, 6) is -0.812. The van der Waals surface area contributed by atoms with Gasteiger partial charge in [0.05, 0.1) is 10.6 Å². The van der Waals surface area contributed by atoms with Gasteiger partial charge in [-0.1, -0.05) is 13.8 Å². The summed E-state index contributed by atoms with van der Waals surface area (Å²) in [6.07, 6.45) is 0.579. The number of benzene rings is 1. The van der Waals surface area contributed by atoms with Crippen molar-refractivity contribution in [2.24, 2.45) is 5.92 Å². The summed E-state index contributed by atoms with van der Waals surface area (Å²) in [6.45, 7) is 8.78. The number of amides is 2. The number of fused-ring (bicyclic) bond motifs is 1. The van der Waals surface area contributed by atoms with Gasteiger partial charge in [-0.2, -0.15) is 4.72 Å². The van der Waals surface area contributed by atoms with Gasteiger partial charge in [0.2, 0.25) is 21.8 Å². The smallest absolute Gasteiger partial charge is 0.244 e. The molecule has 2 amide bonds. The van der Waals surface area contributed by atoms with Crippen LogP contribution in [-0.4, -0.2) is 37.3 Å². The van der Waals surface area contributed by atoms with E-state index >= 15 is 0 Å². The lowest BCUT2D eigenvalue weighted by Gasteiger charge is -2.22. The van der Waals surface area contributed by atoms with Crippen molar-refractivity contribution in [3.8, 4) is 0 Å². The van der Waals surface area contributed by atoms with Crippen LogP contribution in [0.5, 0.6) is 0 Å². The Bertz CT molecular complexity index is 1080. The number of thiazole rings is 1. The molecule has 0 saturated heterocycles. The molecule has 3 rings (SSSR count). The minimum atomic E-state index is -3.94. The molecule has 2 N–H and O–H groups in total. The zero-order valence-corrected chi connectivity index (χ0v) is 19.2. The summed E-state index contributed by atoms with van der Waals surface area (Å²) in [5.41, 5.74) is 2.31. The summed E-state index contributed by atoms with van der Waals surface area (Å²) >= 11 is 1.29. The van der Waals surface area contributed by atoms with Crippen LogP contribution in [-0.2, 0) is 26.0 Å². The van der Waals surface area contributed by atoms with Crippen molar-refractivity contribution in [1.29, 1.82) is 0 Å². The summed E-state index contributed by atoms with van der Waals surface area (Å²) in [7, 11) is -3.94. The van der Waals surface area contributed by atoms with Crippen LogP contribution in [0.3, 0.4) is 0 Å². The lowest BCUT2D eigenvalue weighted by Crippen LogP contribution is -2.47. The van der Waals surface area contributed by atoms with Gasteiger partial charge in [0, 0.05) is 24.0 Å². The number of sulfonamides is 1. The number of carbonyl (C=O) groups is 2. The van der Waals surface area contributed by atoms with Crippen molar-refractivity contribution >= 4 is 44.0 Å². The molecule has 8 nitrogen and oxygen atoms in total. The standard InChI is InChI=1S/C20H26N4O4S2/c1-11(2)18(19(26)22-20-21-12(3)10-29-20)23-30(27,28)16-6-7-17-15(9-16)8-13(4)24(17)14(5)25/h6-7,9-11,13,18,23H,8H2,1-5H3,(H,21,22,26)/t13-,18+/m1/s1. The molecule has 0 saturated carbocycles. The van der Waals surface area contributed by atoms with Crippen LogP contribution in [0.25, 0.3) is 0 Å². The lowest BCUT2D eigenvalue weighted by atomic mass is 10.1. The largest absolute Gasteiger partial charge is 0.309 e. The Labute approximate surface area is 180 Å². The first kappa shape index (κ1) is 22.4. The maximum absolute atomic E-state index is 13.0. The predicted octanol–water partition coefficient (Wildman–Crippen LogP) is 2.69. The predicted molar refractivity (Wildman–Crippen MR) is 117 cm³/mol. The average Bonchev–Trinajstić information content (AvgIpc) is 3.20. The first-order valence-electron chi connectivity index (χ1n) is 9.67. The molecule has 0 bridgehead atoms. The zero-order chi connectivity index (χ0) is 22.2. The van der Waals surface area contributed by atoms with E-state index in [0.717, 1.165) is 16.9 Å². The van der Waals surface area contributed by atoms with E-state index in [-0.39, 0.29) is 22.8 Å². The Balaban J connectivity index is 1.83. The number of anilines is 2. The monoisotopic (exact) mass is 450 g/mol. The third-order valence-electron chi connectivity index (χ3n) is 5.00. The van der Waals surface area contributed by atoms with E-state index in [9.17, 15) is 18.0 Å². The minimum Gasteiger partial charge on any atom is -0.309 e. The molecule has 2 heterocycles. The van der Waals surface area contributed by atoms with E-state index in [4.69, 9.17) is 0 Å². The van der Waals surface area contributed by atoms with Crippen LogP contribution in [0.1, 0.15) is 39.0 Å². The number of aromatic nitrogens is 1. The Hall–Kier alpha value is -2.30. The molecule has 1 aliphatic rings. The van der Waals surface area contributed by atoms with Crippen LogP contribution in [0.2, 0.25) is 0 Å². The molecule has 1 aliphatic heterocycles. The second kappa shape index (κ2) is 8.44. The van der Waals surface area contributed by atoms with Crippen molar-refractivity contribution in [3.05, 3.63) is 34.8 Å². The second-order valence-corrected chi connectivity index (χ2v) is 10.4. The van der Waals surface area contributed by atoms with Crippen LogP contribution in [0.4, 0.5) is 10.8 Å². The van der Waals surface area contributed by atoms with Crippen molar-refractivity contribution < 1.29 is 18.0 Å². The number of rotatable bonds is 6. The summed E-state index contributed by atoms with van der Waals surface area (Å²) in [4.78, 5) is 30.5. The molecule has 30 heavy (non-hydrogen) atoms. The molecule has 1 aromatic carbocycles. The highest BCUT2D eigenvalue weighted by molar-refractivity contribution is 7.89. The molecule has 0 radical (unpaired) electrons. The summed E-state index contributed by atoms with van der Waals surface area (Å²) in [5, 5.41) is 4.92. The molecular weight excluding hydrogens is 424 g/mol. The molecule has 0 aliphatic carbocycles. The molecule has 0 spiro atoms. The summed E-state index contributed by atoms with van der Waals surface area (Å²) < 4.78 is 28.6. The van der Waals surface area contributed by atoms with E-state index in [2.05, 4.69) is 15.0 Å². The summed E-state index contributed by atoms with van der Waals surface area (Å²) in [6, 6.07) is 3.71. The third-order valence-corrected chi connectivity index (χ3v) is 7.31. The maximum atomic E-state index is 13.0. The van der Waals surface area contributed by atoms with Crippen molar-refractivity contribution in [2.75, 3.05) is 10.2 Å². The fourth-order valence-corrected chi connectivity index (χ4v) is 5.66. The van der Waals surface area contributed by atoms with Gasteiger partial charge in [-0.05, 0) is 49.9 Å². The zero-order valence-electron chi connectivity index (χ0n) is 17.6. The highest BCUT2D eigenvalue weighted by atomic mass is 32.2. The molecule has 0 fully saturated rings. The Morgan fingerprint density at radius 3 is 2.57 bits per heavy atom. The van der Waals surface area contributed by atoms with Crippen molar-refractivity contribution in [3.63, 3.8) is 0 Å². The Morgan fingerprint density at radius 2 is 2.00 bits per heavy atom. The first-order chi connectivity index (χ1) is 14.0. The van der Waals surface area contributed by atoms with Gasteiger partial charge in [-0.3, -0.25) is 9.59 Å². The molecule has 2 aromatic rings. The van der Waals surface area contributed by atoms with Gasteiger partial charge in [0.15, 0.2) is 5.13 Å². The Morgan fingerprint density at radius 1 is 1.30 bits per heavy atom. The molecular formula is C20H26N4O4S2. The van der Waals surface area contributed by atoms with E-state index in [1.807, 2.05) is 13.8 Å². The van der Waals surface area contributed by atoms with Crippen LogP contribution in [0.15, 0.2) is 28.5 Å². The molecule has 0 unspecified atom stereocenters. The van der Waals surface area contributed by atoms with Gasteiger partial charge in [0.1, 0.15) is 6.04 Å². The van der Waals surface area contributed by atoms with Gasteiger partial charge in [-0.25, -0.2) is 13.4 Å². The molecule has 162 valence electrons. The average molecular weight is 451 g/mol. The normalized spacial score (nSPS) is 17.1. The topological polar surface area (TPSA) is 108 Å². The van der Waals surface area contributed by atoms with Crippen molar-refractivity contribution in [2.45, 2.75) is 58.0 Å². The van der Waals surface area contributed by atoms with Crippen molar-refractivity contribution in [1.82, 2.24) is 9.71 Å². The molecule has 10 heteroatoms. The van der Waals surface area contributed by atoms with Crippen LogP contribution < -0.4 is 14.9 Å². The Kier molecular flexibility index (Phi) is 6.30. The van der Waals surface area contributed by atoms with Gasteiger partial charge >= 0.3 is 0 Å². The first-order valence-corrected chi connectivity index (χ1v) is 12.0. The minimum absolute atomic E-state index is 0.0284. The second-order valence-electron chi connectivity index (χ2n) is 7.86. The van der Waals surface area contributed by atoms with Gasteiger partial charge in [0.25, 0.3) is 0 Å². The fourth-order valence-electron chi connectivity index (χ4n) is 3.58. The van der Waals surface area contributed by atoms with E-state index < -0.39 is 22.0 Å². The van der Waals surface area contributed by atoms with E-state index in [0.29, 0.717) is 11.6 Å². The van der Waals surface area contributed by atoms with Gasteiger partial charge < -0.3 is 10.2 Å². The van der Waals surface area contributed by atoms with Gasteiger partial charge in [-0.15, -0.1) is 11.3 Å². The fraction of sp³-hybridized carbons (Fsp3) is 0.450. The highest BCUT2D eigenvalue weighted by Crippen LogP contribution is 2.34. The van der Waals surface area contributed by atoms with Crippen LogP contribution in [0, 0.1) is 12.8 Å². The molecule has 1 aromatic heterocycles. The quantitative estimate of drug-likeness (QED) is 0.703. The lowest BCUT2D eigenvalue weighted by molar-refractivity contribution is -0.118. The third kappa shape index (κ3) is 4.55. The number of hydrogen-bond acceptors (Lipinski definition) is 6. The maximum Gasteiger partial charge on any atom is 0.244 e. The van der Waals surface area contributed by atoms with E-state index in [1.54, 1.807) is 36.3 Å². The SMILES string of the molecule is CC(=O)N1c2ccc(S(=O)(=O)N[C@H](C(=O)Nc3nc(C)cs3)C(C)C)cc2C[C@H]1C. The highest BCUT2D eigenvalue weighted by Gasteiger charge is 2.32. The van der Waals surface area contributed by atoms with E-state index in [1.165, 1.54) is 24.3 Å². The number of hydrogen-bond donors (Lipinski definition) is 2. The molecule has 2 atom stereocenters. The van der Waals surface area contributed by atoms with Crippen LogP contribution >= 0.6 is 11.3 Å².